The van der Waals surface area contributed by atoms with Gasteiger partial charge in [0.05, 0.1) is 18.6 Å². The normalized spacial score (nSPS) is 11.6. The van der Waals surface area contributed by atoms with Gasteiger partial charge in [-0.15, -0.1) is 0 Å². The van der Waals surface area contributed by atoms with Crippen LogP contribution in [0.2, 0.25) is 0 Å². The first-order valence-electron chi connectivity index (χ1n) is 8.50. The van der Waals surface area contributed by atoms with E-state index in [9.17, 15) is 8.42 Å². The van der Waals surface area contributed by atoms with E-state index in [0.717, 1.165) is 5.56 Å². The summed E-state index contributed by atoms with van der Waals surface area (Å²) in [4.78, 5) is 12.8. The van der Waals surface area contributed by atoms with Crippen molar-refractivity contribution in [1.29, 1.82) is 0 Å². The van der Waals surface area contributed by atoms with Crippen LogP contribution in [0.1, 0.15) is 11.3 Å². The van der Waals surface area contributed by atoms with Gasteiger partial charge in [0.2, 0.25) is 5.89 Å². The molecule has 0 fully saturated rings. The first kappa shape index (κ1) is 18.1. The number of pyridine rings is 2. The summed E-state index contributed by atoms with van der Waals surface area (Å²) in [7, 11) is -2.20. The fraction of sp³-hybridized carbons (Fsp3) is 0.150. The first-order valence-corrected chi connectivity index (χ1v) is 10.2. The number of sulfone groups is 1. The Morgan fingerprint density at radius 3 is 2.71 bits per heavy atom. The van der Waals surface area contributed by atoms with E-state index in [4.69, 9.17) is 9.15 Å². The second-order valence-electron chi connectivity index (χ2n) is 6.29. The van der Waals surface area contributed by atoms with Crippen molar-refractivity contribution >= 4 is 21.1 Å². The Morgan fingerprint density at radius 2 is 1.93 bits per heavy atom. The zero-order chi connectivity index (χ0) is 19.7. The van der Waals surface area contributed by atoms with E-state index >= 15 is 0 Å². The summed E-state index contributed by atoms with van der Waals surface area (Å²) in [5, 5.41) is 0. The maximum Gasteiger partial charge on any atom is 0.229 e. The predicted octanol–water partition coefficient (Wildman–Crippen LogP) is 3.58. The molecule has 4 rings (SSSR count). The van der Waals surface area contributed by atoms with Gasteiger partial charge >= 0.3 is 0 Å². The van der Waals surface area contributed by atoms with E-state index in [1.54, 1.807) is 48.7 Å². The van der Waals surface area contributed by atoms with Crippen molar-refractivity contribution in [3.05, 3.63) is 66.1 Å². The number of ether oxygens (including phenoxy) is 1. The molecule has 0 spiro atoms. The Balaban J connectivity index is 1.69. The molecule has 3 aromatic heterocycles. The summed E-state index contributed by atoms with van der Waals surface area (Å²) in [5.74, 6) is 0.411. The summed E-state index contributed by atoms with van der Waals surface area (Å²) < 4.78 is 36.8. The van der Waals surface area contributed by atoms with Gasteiger partial charge in [0, 0.05) is 18.0 Å². The molecule has 0 aliphatic carbocycles. The molecule has 0 saturated carbocycles. The number of hydrogen-bond acceptors (Lipinski definition) is 7. The molecule has 1 aromatic carbocycles. The van der Waals surface area contributed by atoms with Gasteiger partial charge in [-0.3, -0.25) is 4.98 Å². The number of rotatable bonds is 5. The molecule has 0 radical (unpaired) electrons. The molecule has 0 amide bonds. The van der Waals surface area contributed by atoms with Crippen LogP contribution in [-0.2, 0) is 15.6 Å². The second-order valence-corrected chi connectivity index (χ2v) is 8.25. The summed E-state index contributed by atoms with van der Waals surface area (Å²) in [6, 6.07) is 12.0. The number of benzene rings is 1. The third kappa shape index (κ3) is 3.46. The van der Waals surface area contributed by atoms with E-state index in [1.807, 2.05) is 6.92 Å². The van der Waals surface area contributed by atoms with Crippen LogP contribution in [0.15, 0.2) is 64.2 Å². The van der Waals surface area contributed by atoms with Gasteiger partial charge in [-0.05, 0) is 48.9 Å². The van der Waals surface area contributed by atoms with Crippen LogP contribution in [0.25, 0.3) is 22.7 Å². The number of oxazole rings is 1. The Hall–Kier alpha value is -3.26. The molecule has 0 saturated heterocycles. The van der Waals surface area contributed by atoms with Crippen molar-refractivity contribution in [3.8, 4) is 17.2 Å². The standard InChI is InChI=1S/C20H17N3O4S/c1-13-5-6-16(26-2)18(10-13)28(24,25)12-15-11-14(7-9-21-15)20-23-19-17(27-20)4-3-8-22-19/h3-11H,12H2,1-2H3. The van der Waals surface area contributed by atoms with Gasteiger partial charge in [-0.1, -0.05) is 6.07 Å². The van der Waals surface area contributed by atoms with Crippen LogP contribution in [-0.4, -0.2) is 30.5 Å². The van der Waals surface area contributed by atoms with E-state index in [1.165, 1.54) is 13.3 Å². The molecule has 0 aliphatic heterocycles. The minimum absolute atomic E-state index is 0.147. The SMILES string of the molecule is COc1ccc(C)cc1S(=O)(=O)Cc1cc(-c2nc3ncccc3o2)ccn1. The number of methoxy groups -OCH3 is 1. The molecular weight excluding hydrogens is 378 g/mol. The van der Waals surface area contributed by atoms with Gasteiger partial charge in [0.25, 0.3) is 0 Å². The highest BCUT2D eigenvalue weighted by Gasteiger charge is 2.22. The molecule has 0 bridgehead atoms. The topological polar surface area (TPSA) is 95.2 Å². The molecule has 0 atom stereocenters. The lowest BCUT2D eigenvalue weighted by Crippen LogP contribution is -2.08. The maximum atomic E-state index is 13.0. The number of aryl methyl sites for hydroxylation is 1. The lowest BCUT2D eigenvalue weighted by Gasteiger charge is -2.10. The predicted molar refractivity (Wildman–Crippen MR) is 104 cm³/mol. The molecule has 4 aromatic rings. The average molecular weight is 395 g/mol. The lowest BCUT2D eigenvalue weighted by molar-refractivity contribution is 0.402. The molecule has 8 heteroatoms. The zero-order valence-corrected chi connectivity index (χ0v) is 16.1. The Bertz CT molecular complexity index is 1230. The van der Waals surface area contributed by atoms with E-state index in [2.05, 4.69) is 15.0 Å². The number of fused-ring (bicyclic) bond motifs is 1. The summed E-state index contributed by atoms with van der Waals surface area (Å²) in [5.41, 5.74) is 2.91. The van der Waals surface area contributed by atoms with Crippen molar-refractivity contribution in [2.75, 3.05) is 7.11 Å². The van der Waals surface area contributed by atoms with E-state index in [0.29, 0.717) is 34.1 Å². The quantitative estimate of drug-likeness (QED) is 0.510. The number of nitrogens with zero attached hydrogens (tertiary/aromatic N) is 3. The van der Waals surface area contributed by atoms with Crippen LogP contribution >= 0.6 is 0 Å². The molecule has 28 heavy (non-hydrogen) atoms. The molecule has 0 N–H and O–H groups in total. The Kier molecular flexibility index (Phi) is 4.56. The minimum Gasteiger partial charge on any atom is -0.495 e. The summed E-state index contributed by atoms with van der Waals surface area (Å²) in [6.07, 6.45) is 3.17. The van der Waals surface area contributed by atoms with E-state index in [-0.39, 0.29) is 10.6 Å². The molecule has 7 nitrogen and oxygen atoms in total. The highest BCUT2D eigenvalue weighted by atomic mass is 32.2. The first-order chi connectivity index (χ1) is 13.5. The zero-order valence-electron chi connectivity index (χ0n) is 15.3. The molecule has 3 heterocycles. The van der Waals surface area contributed by atoms with Crippen LogP contribution < -0.4 is 4.74 Å². The van der Waals surface area contributed by atoms with Crippen LogP contribution in [0.4, 0.5) is 0 Å². The average Bonchev–Trinajstić information content (AvgIpc) is 3.12. The van der Waals surface area contributed by atoms with Crippen molar-refractivity contribution in [1.82, 2.24) is 15.0 Å². The third-order valence-electron chi connectivity index (χ3n) is 4.22. The van der Waals surface area contributed by atoms with Crippen LogP contribution in [0.3, 0.4) is 0 Å². The van der Waals surface area contributed by atoms with Gasteiger partial charge in [-0.2, -0.15) is 4.98 Å². The fourth-order valence-corrected chi connectivity index (χ4v) is 4.41. The highest BCUT2D eigenvalue weighted by molar-refractivity contribution is 7.90. The molecule has 0 unspecified atom stereocenters. The van der Waals surface area contributed by atoms with Gasteiger partial charge in [0.15, 0.2) is 21.1 Å². The van der Waals surface area contributed by atoms with Crippen molar-refractivity contribution in [2.45, 2.75) is 17.6 Å². The van der Waals surface area contributed by atoms with Gasteiger partial charge in [0.1, 0.15) is 10.6 Å². The smallest absolute Gasteiger partial charge is 0.229 e. The monoisotopic (exact) mass is 395 g/mol. The largest absolute Gasteiger partial charge is 0.495 e. The fourth-order valence-electron chi connectivity index (χ4n) is 2.88. The molecule has 0 aliphatic rings. The van der Waals surface area contributed by atoms with Crippen molar-refractivity contribution in [2.24, 2.45) is 0 Å². The Labute approximate surface area is 162 Å². The lowest BCUT2D eigenvalue weighted by atomic mass is 10.2. The van der Waals surface area contributed by atoms with E-state index < -0.39 is 9.84 Å². The minimum atomic E-state index is -3.65. The van der Waals surface area contributed by atoms with Gasteiger partial charge in [-0.25, -0.2) is 13.4 Å². The Morgan fingerprint density at radius 1 is 1.07 bits per heavy atom. The summed E-state index contributed by atoms with van der Waals surface area (Å²) in [6.45, 7) is 1.83. The highest BCUT2D eigenvalue weighted by Crippen LogP contribution is 2.29. The van der Waals surface area contributed by atoms with Crippen molar-refractivity contribution < 1.29 is 17.6 Å². The number of aromatic nitrogens is 3. The summed E-state index contributed by atoms with van der Waals surface area (Å²) >= 11 is 0. The van der Waals surface area contributed by atoms with Crippen LogP contribution in [0.5, 0.6) is 5.75 Å². The second kappa shape index (κ2) is 7.05. The van der Waals surface area contributed by atoms with Crippen molar-refractivity contribution in [3.63, 3.8) is 0 Å². The third-order valence-corrected chi connectivity index (χ3v) is 5.89. The van der Waals surface area contributed by atoms with Crippen LogP contribution in [0, 0.1) is 6.92 Å². The number of hydrogen-bond donors (Lipinski definition) is 0. The van der Waals surface area contributed by atoms with Gasteiger partial charge < -0.3 is 9.15 Å². The maximum absolute atomic E-state index is 13.0. The molecular formula is C20H17N3O4S. The molecule has 142 valence electrons.